The molecule has 5 nitrogen and oxygen atoms in total. The zero-order chi connectivity index (χ0) is 12.3. The lowest BCUT2D eigenvalue weighted by Crippen LogP contribution is -2.43. The molecule has 2 heterocycles. The van der Waals surface area contributed by atoms with Gasteiger partial charge in [0.25, 0.3) is 0 Å². The van der Waals surface area contributed by atoms with Crippen LogP contribution in [0.5, 0.6) is 0 Å². The lowest BCUT2D eigenvalue weighted by Gasteiger charge is -2.26. The number of hydrogen-bond donors (Lipinski definition) is 0. The normalized spacial score (nSPS) is 21.6. The number of carbonyl (C=O) groups is 2. The number of urea groups is 1. The van der Waals surface area contributed by atoms with Crippen molar-refractivity contribution >= 4 is 11.9 Å². The Labute approximate surface area is 102 Å². The minimum atomic E-state index is 0.112. The van der Waals surface area contributed by atoms with Gasteiger partial charge in [0.2, 0.25) is 5.91 Å². The summed E-state index contributed by atoms with van der Waals surface area (Å²) in [6.07, 6.45) is 3.14. The lowest BCUT2D eigenvalue weighted by atomic mass is 10.4. The molecule has 2 rings (SSSR count). The first kappa shape index (κ1) is 12.2. The molecule has 0 saturated carbocycles. The first-order valence-corrected chi connectivity index (χ1v) is 6.48. The molecule has 2 saturated heterocycles. The highest BCUT2D eigenvalue weighted by atomic mass is 16.2. The van der Waals surface area contributed by atoms with Gasteiger partial charge < -0.3 is 14.7 Å². The first-order chi connectivity index (χ1) is 8.18. The van der Waals surface area contributed by atoms with E-state index in [9.17, 15) is 9.59 Å². The number of likely N-dealkylation sites (tertiary alicyclic amines) is 1. The van der Waals surface area contributed by atoms with E-state index in [0.717, 1.165) is 45.4 Å². The molecule has 0 N–H and O–H groups in total. The summed E-state index contributed by atoms with van der Waals surface area (Å²) in [5.41, 5.74) is 0. The first-order valence-electron chi connectivity index (χ1n) is 6.48. The van der Waals surface area contributed by atoms with Gasteiger partial charge in [-0.25, -0.2) is 4.79 Å². The second kappa shape index (κ2) is 5.38. The maximum Gasteiger partial charge on any atom is 0.320 e. The van der Waals surface area contributed by atoms with Gasteiger partial charge in [-0.3, -0.25) is 4.79 Å². The van der Waals surface area contributed by atoms with E-state index < -0.39 is 0 Å². The van der Waals surface area contributed by atoms with Gasteiger partial charge in [0, 0.05) is 46.2 Å². The molecular formula is C12H21N3O2. The molecule has 17 heavy (non-hydrogen) atoms. The van der Waals surface area contributed by atoms with Crippen molar-refractivity contribution < 1.29 is 9.59 Å². The fraction of sp³-hybridized carbons (Fsp3) is 0.833. The molecule has 2 fully saturated rings. The topological polar surface area (TPSA) is 43.9 Å². The van der Waals surface area contributed by atoms with E-state index in [4.69, 9.17) is 0 Å². The van der Waals surface area contributed by atoms with Crippen LogP contribution >= 0.6 is 0 Å². The van der Waals surface area contributed by atoms with Gasteiger partial charge in [0.05, 0.1) is 0 Å². The molecule has 0 radical (unpaired) electrons. The largest absolute Gasteiger partial charge is 0.341 e. The fourth-order valence-electron chi connectivity index (χ4n) is 2.53. The molecule has 0 aromatic rings. The van der Waals surface area contributed by atoms with Crippen LogP contribution in [0.15, 0.2) is 0 Å². The van der Waals surface area contributed by atoms with Crippen LogP contribution in [0.2, 0.25) is 0 Å². The van der Waals surface area contributed by atoms with Gasteiger partial charge in [-0.2, -0.15) is 0 Å². The van der Waals surface area contributed by atoms with Crippen LogP contribution in [-0.4, -0.2) is 65.9 Å². The van der Waals surface area contributed by atoms with Crippen LogP contribution < -0.4 is 0 Å². The van der Waals surface area contributed by atoms with E-state index in [-0.39, 0.29) is 11.9 Å². The summed E-state index contributed by atoms with van der Waals surface area (Å²) in [4.78, 5) is 29.1. The molecule has 0 atom stereocenters. The van der Waals surface area contributed by atoms with E-state index in [0.29, 0.717) is 13.1 Å². The fourth-order valence-corrected chi connectivity index (χ4v) is 2.53. The van der Waals surface area contributed by atoms with Crippen molar-refractivity contribution in [2.75, 3.05) is 39.3 Å². The lowest BCUT2D eigenvalue weighted by molar-refractivity contribution is -0.128. The molecule has 2 aliphatic rings. The Bertz CT molecular complexity index is 300. The summed E-state index contributed by atoms with van der Waals surface area (Å²) in [5, 5.41) is 0. The van der Waals surface area contributed by atoms with Crippen LogP contribution in [0.1, 0.15) is 26.2 Å². The van der Waals surface area contributed by atoms with Crippen molar-refractivity contribution in [2.45, 2.75) is 26.2 Å². The molecule has 0 aromatic carbocycles. The molecule has 0 spiro atoms. The van der Waals surface area contributed by atoms with Gasteiger partial charge in [-0.05, 0) is 19.3 Å². The van der Waals surface area contributed by atoms with E-state index in [1.54, 1.807) is 6.92 Å². The molecule has 5 heteroatoms. The van der Waals surface area contributed by atoms with Gasteiger partial charge >= 0.3 is 6.03 Å². The third kappa shape index (κ3) is 2.90. The third-order valence-corrected chi connectivity index (χ3v) is 3.59. The molecule has 0 unspecified atom stereocenters. The molecule has 0 aromatic heterocycles. The molecule has 0 aliphatic carbocycles. The smallest absolute Gasteiger partial charge is 0.320 e. The molecule has 2 aliphatic heterocycles. The number of carbonyl (C=O) groups excluding carboxylic acids is 2. The van der Waals surface area contributed by atoms with E-state index in [1.165, 1.54) is 0 Å². The Morgan fingerprint density at radius 2 is 1.18 bits per heavy atom. The summed E-state index contributed by atoms with van der Waals surface area (Å²) < 4.78 is 0. The SMILES string of the molecule is CC(=O)N1CCCN(C(=O)N2CCCC2)CC1. The number of rotatable bonds is 0. The average molecular weight is 239 g/mol. The van der Waals surface area contributed by atoms with E-state index >= 15 is 0 Å². The Balaban J connectivity index is 1.89. The molecule has 3 amide bonds. The monoisotopic (exact) mass is 239 g/mol. The second-order valence-electron chi connectivity index (χ2n) is 4.82. The standard InChI is InChI=1S/C12H21N3O2/c1-11(16)13-7-4-8-15(10-9-13)12(17)14-5-2-3-6-14/h2-10H2,1H3. The van der Waals surface area contributed by atoms with Crippen molar-refractivity contribution in [3.8, 4) is 0 Å². The highest BCUT2D eigenvalue weighted by Crippen LogP contribution is 2.12. The van der Waals surface area contributed by atoms with Crippen LogP contribution in [0.25, 0.3) is 0 Å². The summed E-state index contributed by atoms with van der Waals surface area (Å²) in [6, 6.07) is 0.160. The van der Waals surface area contributed by atoms with Crippen LogP contribution in [0, 0.1) is 0 Å². The molecule has 0 bridgehead atoms. The predicted molar refractivity (Wildman–Crippen MR) is 64.6 cm³/mol. The number of amides is 3. The summed E-state index contributed by atoms with van der Waals surface area (Å²) in [6.45, 7) is 6.29. The highest BCUT2D eigenvalue weighted by Gasteiger charge is 2.25. The zero-order valence-electron chi connectivity index (χ0n) is 10.5. The van der Waals surface area contributed by atoms with Gasteiger partial charge in [-0.15, -0.1) is 0 Å². The van der Waals surface area contributed by atoms with Crippen molar-refractivity contribution in [1.82, 2.24) is 14.7 Å². The number of nitrogens with zero attached hydrogens (tertiary/aromatic N) is 3. The Hall–Kier alpha value is -1.26. The summed E-state index contributed by atoms with van der Waals surface area (Å²) >= 11 is 0. The molecular weight excluding hydrogens is 218 g/mol. The summed E-state index contributed by atoms with van der Waals surface area (Å²) in [5.74, 6) is 0.112. The minimum Gasteiger partial charge on any atom is -0.341 e. The Morgan fingerprint density at radius 3 is 1.82 bits per heavy atom. The second-order valence-corrected chi connectivity index (χ2v) is 4.82. The third-order valence-electron chi connectivity index (χ3n) is 3.59. The Morgan fingerprint density at radius 1 is 0.706 bits per heavy atom. The number of hydrogen-bond acceptors (Lipinski definition) is 2. The van der Waals surface area contributed by atoms with Crippen LogP contribution in [-0.2, 0) is 4.79 Å². The van der Waals surface area contributed by atoms with Crippen molar-refractivity contribution in [3.63, 3.8) is 0 Å². The van der Waals surface area contributed by atoms with Gasteiger partial charge in [0.1, 0.15) is 0 Å². The summed E-state index contributed by atoms with van der Waals surface area (Å²) in [7, 11) is 0. The van der Waals surface area contributed by atoms with Crippen molar-refractivity contribution in [2.24, 2.45) is 0 Å². The van der Waals surface area contributed by atoms with Crippen LogP contribution in [0.3, 0.4) is 0 Å². The van der Waals surface area contributed by atoms with Gasteiger partial charge in [-0.1, -0.05) is 0 Å². The van der Waals surface area contributed by atoms with Crippen LogP contribution in [0.4, 0.5) is 4.79 Å². The van der Waals surface area contributed by atoms with Crippen molar-refractivity contribution in [3.05, 3.63) is 0 Å². The highest BCUT2D eigenvalue weighted by molar-refractivity contribution is 5.75. The van der Waals surface area contributed by atoms with Crippen molar-refractivity contribution in [1.29, 1.82) is 0 Å². The van der Waals surface area contributed by atoms with E-state index in [2.05, 4.69) is 0 Å². The zero-order valence-corrected chi connectivity index (χ0v) is 10.5. The minimum absolute atomic E-state index is 0.112. The maximum absolute atomic E-state index is 12.2. The molecule has 96 valence electrons. The van der Waals surface area contributed by atoms with E-state index in [1.807, 2.05) is 14.7 Å². The van der Waals surface area contributed by atoms with Gasteiger partial charge in [0.15, 0.2) is 0 Å². The average Bonchev–Trinajstić information content (AvgIpc) is 2.71. The Kier molecular flexibility index (Phi) is 3.86. The quantitative estimate of drug-likeness (QED) is 0.626. The predicted octanol–water partition coefficient (Wildman–Crippen LogP) is 0.756. The maximum atomic E-state index is 12.2.